The van der Waals surface area contributed by atoms with E-state index in [2.05, 4.69) is 21.8 Å². The summed E-state index contributed by atoms with van der Waals surface area (Å²) >= 11 is 0. The summed E-state index contributed by atoms with van der Waals surface area (Å²) in [5.74, 6) is -0.00625. The van der Waals surface area contributed by atoms with Gasteiger partial charge in [-0.1, -0.05) is 6.92 Å². The van der Waals surface area contributed by atoms with Crippen LogP contribution in [0.25, 0.3) is 0 Å². The van der Waals surface area contributed by atoms with E-state index < -0.39 is 0 Å². The maximum absolute atomic E-state index is 12.1. The van der Waals surface area contributed by atoms with Crippen LogP contribution in [0.4, 0.5) is 0 Å². The highest BCUT2D eigenvalue weighted by Crippen LogP contribution is 2.06. The molecular formula is C12H18N4O. The van der Waals surface area contributed by atoms with Gasteiger partial charge in [0.05, 0.1) is 11.9 Å². The van der Waals surface area contributed by atoms with E-state index in [0.717, 1.165) is 38.4 Å². The first-order chi connectivity index (χ1) is 8.20. The molecule has 0 aromatic carbocycles. The summed E-state index contributed by atoms with van der Waals surface area (Å²) in [4.78, 5) is 24.5. The molecule has 5 heteroatoms. The number of amides is 1. The first kappa shape index (κ1) is 12.0. The maximum atomic E-state index is 12.1. The van der Waals surface area contributed by atoms with E-state index in [9.17, 15) is 4.79 Å². The lowest BCUT2D eigenvalue weighted by Gasteiger charge is -2.33. The van der Waals surface area contributed by atoms with Crippen LogP contribution in [0.1, 0.15) is 23.1 Å². The van der Waals surface area contributed by atoms with Crippen LogP contribution in [0.2, 0.25) is 0 Å². The number of hydrogen-bond acceptors (Lipinski definition) is 4. The Morgan fingerprint density at radius 3 is 2.47 bits per heavy atom. The Kier molecular flexibility index (Phi) is 3.68. The quantitative estimate of drug-likeness (QED) is 0.750. The van der Waals surface area contributed by atoms with Gasteiger partial charge < -0.3 is 9.80 Å². The van der Waals surface area contributed by atoms with Crippen LogP contribution < -0.4 is 0 Å². The van der Waals surface area contributed by atoms with Crippen LogP contribution in [0.15, 0.2) is 12.4 Å². The number of carbonyl (C=O) groups excluding carboxylic acids is 1. The van der Waals surface area contributed by atoms with Gasteiger partial charge in [-0.15, -0.1) is 0 Å². The molecule has 5 nitrogen and oxygen atoms in total. The number of aryl methyl sites for hydroxylation is 1. The van der Waals surface area contributed by atoms with Crippen molar-refractivity contribution < 1.29 is 4.79 Å². The van der Waals surface area contributed by atoms with E-state index in [1.54, 1.807) is 12.4 Å². The number of likely N-dealkylation sites (N-methyl/N-ethyl adjacent to an activating group) is 1. The second-order valence-electron chi connectivity index (χ2n) is 4.27. The van der Waals surface area contributed by atoms with Crippen molar-refractivity contribution in [2.75, 3.05) is 32.7 Å². The fraction of sp³-hybridized carbons (Fsp3) is 0.583. The zero-order chi connectivity index (χ0) is 12.3. The van der Waals surface area contributed by atoms with Gasteiger partial charge in [0.1, 0.15) is 5.69 Å². The number of nitrogens with zero attached hydrogens (tertiary/aromatic N) is 4. The molecule has 17 heavy (non-hydrogen) atoms. The van der Waals surface area contributed by atoms with E-state index in [1.807, 2.05) is 11.8 Å². The molecule has 0 unspecified atom stereocenters. The molecule has 1 aromatic rings. The van der Waals surface area contributed by atoms with Crippen LogP contribution in [-0.2, 0) is 0 Å². The predicted molar refractivity (Wildman–Crippen MR) is 64.8 cm³/mol. The van der Waals surface area contributed by atoms with E-state index in [1.165, 1.54) is 0 Å². The van der Waals surface area contributed by atoms with Crippen molar-refractivity contribution in [1.29, 1.82) is 0 Å². The Labute approximate surface area is 101 Å². The second kappa shape index (κ2) is 5.23. The lowest BCUT2D eigenvalue weighted by Crippen LogP contribution is -2.48. The molecule has 0 spiro atoms. The molecule has 2 heterocycles. The van der Waals surface area contributed by atoms with E-state index in [0.29, 0.717) is 5.69 Å². The minimum Gasteiger partial charge on any atom is -0.335 e. The molecule has 1 fully saturated rings. The molecule has 0 aliphatic carbocycles. The highest BCUT2D eigenvalue weighted by atomic mass is 16.2. The third-order valence-corrected chi connectivity index (χ3v) is 3.11. The summed E-state index contributed by atoms with van der Waals surface area (Å²) in [6, 6.07) is 0. The molecule has 0 saturated carbocycles. The molecule has 1 aromatic heterocycles. The smallest absolute Gasteiger partial charge is 0.274 e. The third-order valence-electron chi connectivity index (χ3n) is 3.11. The van der Waals surface area contributed by atoms with E-state index >= 15 is 0 Å². The van der Waals surface area contributed by atoms with Gasteiger partial charge in [0.2, 0.25) is 0 Å². The topological polar surface area (TPSA) is 49.3 Å². The van der Waals surface area contributed by atoms with Crippen LogP contribution in [-0.4, -0.2) is 58.4 Å². The van der Waals surface area contributed by atoms with Gasteiger partial charge in [0.25, 0.3) is 5.91 Å². The highest BCUT2D eigenvalue weighted by Gasteiger charge is 2.22. The first-order valence-corrected chi connectivity index (χ1v) is 6.01. The molecule has 0 bridgehead atoms. The molecule has 1 aliphatic rings. The lowest BCUT2D eigenvalue weighted by atomic mass is 10.3. The largest absolute Gasteiger partial charge is 0.335 e. The summed E-state index contributed by atoms with van der Waals surface area (Å²) in [6.07, 6.45) is 3.19. The Hall–Kier alpha value is -1.49. The van der Waals surface area contributed by atoms with Crippen molar-refractivity contribution in [2.24, 2.45) is 0 Å². The van der Waals surface area contributed by atoms with Gasteiger partial charge in [0.15, 0.2) is 0 Å². The van der Waals surface area contributed by atoms with E-state index in [-0.39, 0.29) is 5.91 Å². The van der Waals surface area contributed by atoms with Crippen molar-refractivity contribution in [2.45, 2.75) is 13.8 Å². The second-order valence-corrected chi connectivity index (χ2v) is 4.27. The average Bonchev–Trinajstić information content (AvgIpc) is 2.39. The van der Waals surface area contributed by atoms with Crippen molar-refractivity contribution in [3.8, 4) is 0 Å². The van der Waals surface area contributed by atoms with Crippen LogP contribution in [0.5, 0.6) is 0 Å². The molecular weight excluding hydrogens is 216 g/mol. The Bertz CT molecular complexity index is 382. The molecule has 92 valence electrons. The molecule has 1 aliphatic heterocycles. The number of rotatable bonds is 2. The SMILES string of the molecule is CCN1CCN(C(=O)c2cnc(C)cn2)CC1. The minimum absolute atomic E-state index is 0.00625. The van der Waals surface area contributed by atoms with Crippen molar-refractivity contribution in [3.63, 3.8) is 0 Å². The summed E-state index contributed by atoms with van der Waals surface area (Å²) in [6.45, 7) is 8.50. The third kappa shape index (κ3) is 2.79. The van der Waals surface area contributed by atoms with Gasteiger partial charge in [-0.25, -0.2) is 4.98 Å². The van der Waals surface area contributed by atoms with Gasteiger partial charge >= 0.3 is 0 Å². The van der Waals surface area contributed by atoms with Gasteiger partial charge in [0, 0.05) is 32.4 Å². The number of aromatic nitrogens is 2. The van der Waals surface area contributed by atoms with Crippen molar-refractivity contribution in [3.05, 3.63) is 23.8 Å². The minimum atomic E-state index is -0.00625. The van der Waals surface area contributed by atoms with Gasteiger partial charge in [-0.2, -0.15) is 0 Å². The summed E-state index contributed by atoms with van der Waals surface area (Å²) in [7, 11) is 0. The summed E-state index contributed by atoms with van der Waals surface area (Å²) < 4.78 is 0. The van der Waals surface area contributed by atoms with Gasteiger partial charge in [-0.05, 0) is 13.5 Å². The first-order valence-electron chi connectivity index (χ1n) is 6.01. The zero-order valence-electron chi connectivity index (χ0n) is 10.4. The van der Waals surface area contributed by atoms with Crippen molar-refractivity contribution >= 4 is 5.91 Å². The standard InChI is InChI=1S/C12H18N4O/c1-3-15-4-6-16(7-5-15)12(17)11-9-13-10(2)8-14-11/h8-9H,3-7H2,1-2H3. The fourth-order valence-corrected chi connectivity index (χ4v) is 1.93. The maximum Gasteiger partial charge on any atom is 0.274 e. The Morgan fingerprint density at radius 1 is 1.24 bits per heavy atom. The van der Waals surface area contributed by atoms with E-state index in [4.69, 9.17) is 0 Å². The predicted octanol–water partition coefficient (Wildman–Crippen LogP) is 0.563. The molecule has 2 rings (SSSR count). The van der Waals surface area contributed by atoms with Crippen LogP contribution >= 0.6 is 0 Å². The molecule has 0 atom stereocenters. The fourth-order valence-electron chi connectivity index (χ4n) is 1.93. The Morgan fingerprint density at radius 2 is 1.94 bits per heavy atom. The lowest BCUT2D eigenvalue weighted by molar-refractivity contribution is 0.0637. The normalized spacial score (nSPS) is 17.2. The number of hydrogen-bond donors (Lipinski definition) is 0. The molecule has 0 N–H and O–H groups in total. The average molecular weight is 234 g/mol. The Balaban J connectivity index is 1.99. The zero-order valence-corrected chi connectivity index (χ0v) is 10.4. The summed E-state index contributed by atoms with van der Waals surface area (Å²) in [5.41, 5.74) is 1.28. The molecule has 1 amide bonds. The van der Waals surface area contributed by atoms with Crippen LogP contribution in [0.3, 0.4) is 0 Å². The highest BCUT2D eigenvalue weighted by molar-refractivity contribution is 5.92. The number of piperazine rings is 1. The molecule has 0 radical (unpaired) electrons. The van der Waals surface area contributed by atoms with Crippen LogP contribution in [0, 0.1) is 6.92 Å². The molecule has 1 saturated heterocycles. The summed E-state index contributed by atoms with van der Waals surface area (Å²) in [5, 5.41) is 0. The van der Waals surface area contributed by atoms with Gasteiger partial charge in [-0.3, -0.25) is 9.78 Å². The number of carbonyl (C=O) groups is 1. The monoisotopic (exact) mass is 234 g/mol. The van der Waals surface area contributed by atoms with Crippen molar-refractivity contribution in [1.82, 2.24) is 19.8 Å².